The third kappa shape index (κ3) is 3.86. The van der Waals surface area contributed by atoms with E-state index in [9.17, 15) is 30.6 Å². The van der Waals surface area contributed by atoms with Crippen molar-refractivity contribution in [1.82, 2.24) is 5.32 Å². The van der Waals surface area contributed by atoms with E-state index >= 15 is 0 Å². The molecule has 0 unspecified atom stereocenters. The Morgan fingerprint density at radius 3 is 1.88 bits per heavy atom. The van der Waals surface area contributed by atoms with E-state index in [1.165, 1.54) is 0 Å². The molecular formula is C13H25NO10. The highest BCUT2D eigenvalue weighted by molar-refractivity contribution is 4.98. The zero-order valence-electron chi connectivity index (χ0n) is 12.8. The lowest BCUT2D eigenvalue weighted by Gasteiger charge is -2.43. The van der Waals surface area contributed by atoms with Gasteiger partial charge in [0.15, 0.2) is 6.29 Å². The van der Waals surface area contributed by atoms with Crippen molar-refractivity contribution in [2.45, 2.75) is 61.1 Å². The smallest absolute Gasteiger partial charge is 0.186 e. The molecule has 2 rings (SSSR count). The van der Waals surface area contributed by atoms with Crippen LogP contribution in [-0.4, -0.2) is 122 Å². The van der Waals surface area contributed by atoms with E-state index in [0.29, 0.717) is 0 Å². The Morgan fingerprint density at radius 1 is 0.708 bits per heavy atom. The summed E-state index contributed by atoms with van der Waals surface area (Å²) >= 11 is 0. The van der Waals surface area contributed by atoms with Crippen LogP contribution in [0.2, 0.25) is 0 Å². The number of nitrogens with one attached hydrogen (secondary N) is 1. The van der Waals surface area contributed by atoms with Gasteiger partial charge in [0.1, 0.15) is 30.5 Å². The number of ether oxygens (including phenoxy) is 2. The Hall–Kier alpha value is -0.440. The minimum absolute atomic E-state index is 0.301. The topological polar surface area (TPSA) is 192 Å². The summed E-state index contributed by atoms with van der Waals surface area (Å²) in [6.45, 7) is -1.39. The molecule has 0 aromatic carbocycles. The normalized spacial score (nSPS) is 50.0. The van der Waals surface area contributed by atoms with Crippen molar-refractivity contribution in [3.05, 3.63) is 0 Å². The first kappa shape index (κ1) is 19.9. The molecule has 24 heavy (non-hydrogen) atoms. The number of rotatable bonds is 5. The minimum Gasteiger partial charge on any atom is -0.395 e. The Morgan fingerprint density at radius 2 is 1.29 bits per heavy atom. The molecule has 0 spiro atoms. The van der Waals surface area contributed by atoms with Gasteiger partial charge in [0, 0.05) is 0 Å². The van der Waals surface area contributed by atoms with E-state index in [0.717, 1.165) is 0 Å². The van der Waals surface area contributed by atoms with Gasteiger partial charge in [-0.25, -0.2) is 0 Å². The molecule has 0 bridgehead atoms. The molecule has 2 heterocycles. The highest BCUT2D eigenvalue weighted by atomic mass is 16.7. The highest BCUT2D eigenvalue weighted by Gasteiger charge is 2.46. The zero-order chi connectivity index (χ0) is 18.0. The first-order valence-electron chi connectivity index (χ1n) is 7.65. The van der Waals surface area contributed by atoms with Gasteiger partial charge in [-0.15, -0.1) is 0 Å². The van der Waals surface area contributed by atoms with Crippen LogP contribution >= 0.6 is 0 Å². The molecule has 2 saturated heterocycles. The quantitative estimate of drug-likeness (QED) is 0.228. The lowest BCUT2D eigenvalue weighted by atomic mass is 9.91. The molecule has 0 aromatic heterocycles. The number of hydrogen-bond donors (Lipinski definition) is 9. The standard InChI is InChI=1S/C13H25NO10/c15-1-4-7(17)10(20)8(18)5(14-4)3-23-13-12(22)11(21)9(19)6(2-16)24-13/h4-22H,1-3H2/t4-,5-,6-,7-,8+,9+,10-,11+,12+,13-/m0/s1. The van der Waals surface area contributed by atoms with Crippen molar-refractivity contribution < 1.29 is 50.3 Å². The minimum atomic E-state index is -1.59. The number of piperidine rings is 1. The Balaban J connectivity index is 1.96. The SMILES string of the molecule is OC[C@@H]1N[C@@H](CO[C@H]2O[C@@H](CO)[C@@H](O)[C@@H](O)[C@H]2O)[C@@H](O)[C@@H](O)[C@H]1O. The van der Waals surface area contributed by atoms with Crippen LogP contribution in [0.15, 0.2) is 0 Å². The van der Waals surface area contributed by atoms with Gasteiger partial charge < -0.3 is 55.6 Å². The van der Waals surface area contributed by atoms with Crippen LogP contribution in [0, 0.1) is 0 Å². The molecule has 11 heteroatoms. The van der Waals surface area contributed by atoms with E-state index in [-0.39, 0.29) is 6.61 Å². The third-order valence-electron chi connectivity index (χ3n) is 4.44. The van der Waals surface area contributed by atoms with E-state index < -0.39 is 74.3 Å². The second kappa shape index (κ2) is 8.29. The summed E-state index contributed by atoms with van der Waals surface area (Å²) in [5, 5.41) is 79.6. The predicted octanol–water partition coefficient (Wildman–Crippen LogP) is -5.78. The van der Waals surface area contributed by atoms with Gasteiger partial charge in [-0.05, 0) is 0 Å². The lowest BCUT2D eigenvalue weighted by molar-refractivity contribution is -0.304. The van der Waals surface area contributed by atoms with Gasteiger partial charge in [0.25, 0.3) is 0 Å². The van der Waals surface area contributed by atoms with Crippen molar-refractivity contribution in [2.24, 2.45) is 0 Å². The Kier molecular flexibility index (Phi) is 6.87. The fourth-order valence-electron chi connectivity index (χ4n) is 2.86. The summed E-state index contributed by atoms with van der Waals surface area (Å²) in [5.41, 5.74) is 0. The van der Waals surface area contributed by atoms with Crippen LogP contribution in [0.1, 0.15) is 0 Å². The molecule has 10 atom stereocenters. The molecule has 0 radical (unpaired) electrons. The predicted molar refractivity (Wildman–Crippen MR) is 75.5 cm³/mol. The molecule has 2 aliphatic rings. The number of aliphatic hydroxyl groups excluding tert-OH is 8. The second-order valence-electron chi connectivity index (χ2n) is 6.06. The molecule has 2 fully saturated rings. The van der Waals surface area contributed by atoms with Gasteiger partial charge in [-0.1, -0.05) is 0 Å². The van der Waals surface area contributed by atoms with E-state index in [2.05, 4.69) is 5.32 Å². The molecule has 11 nitrogen and oxygen atoms in total. The molecule has 2 aliphatic heterocycles. The maximum Gasteiger partial charge on any atom is 0.186 e. The van der Waals surface area contributed by atoms with Gasteiger partial charge >= 0.3 is 0 Å². The Bertz CT molecular complexity index is 361. The van der Waals surface area contributed by atoms with E-state index in [4.69, 9.17) is 19.7 Å². The molecule has 0 aromatic rings. The maximum absolute atomic E-state index is 9.94. The molecule has 142 valence electrons. The molecule has 0 amide bonds. The molecule has 0 aliphatic carbocycles. The Labute approximate surface area is 137 Å². The monoisotopic (exact) mass is 355 g/mol. The fourth-order valence-corrected chi connectivity index (χ4v) is 2.86. The first-order valence-corrected chi connectivity index (χ1v) is 7.65. The average Bonchev–Trinajstić information content (AvgIpc) is 2.58. The van der Waals surface area contributed by atoms with Crippen LogP contribution < -0.4 is 5.32 Å². The first-order chi connectivity index (χ1) is 11.3. The largest absolute Gasteiger partial charge is 0.395 e. The van der Waals surface area contributed by atoms with Crippen LogP contribution in [0.25, 0.3) is 0 Å². The number of hydrogen-bond acceptors (Lipinski definition) is 11. The van der Waals surface area contributed by atoms with Gasteiger partial charge in [-0.3, -0.25) is 0 Å². The molecule has 0 saturated carbocycles. The summed E-state index contributed by atoms with van der Waals surface area (Å²) in [4.78, 5) is 0. The van der Waals surface area contributed by atoms with Crippen LogP contribution in [-0.2, 0) is 9.47 Å². The lowest BCUT2D eigenvalue weighted by Crippen LogP contribution is -2.67. The van der Waals surface area contributed by atoms with Crippen LogP contribution in [0.3, 0.4) is 0 Å². The number of aliphatic hydroxyl groups is 8. The zero-order valence-corrected chi connectivity index (χ0v) is 12.8. The second-order valence-corrected chi connectivity index (χ2v) is 6.06. The average molecular weight is 355 g/mol. The summed E-state index contributed by atoms with van der Waals surface area (Å²) in [7, 11) is 0. The summed E-state index contributed by atoms with van der Waals surface area (Å²) < 4.78 is 10.4. The van der Waals surface area contributed by atoms with Crippen molar-refractivity contribution in [1.29, 1.82) is 0 Å². The van der Waals surface area contributed by atoms with Gasteiger partial charge in [0.2, 0.25) is 0 Å². The van der Waals surface area contributed by atoms with Crippen LogP contribution in [0.4, 0.5) is 0 Å². The van der Waals surface area contributed by atoms with Crippen molar-refractivity contribution in [2.75, 3.05) is 19.8 Å². The molecular weight excluding hydrogens is 330 g/mol. The van der Waals surface area contributed by atoms with Gasteiger partial charge in [0.05, 0.1) is 44.1 Å². The van der Waals surface area contributed by atoms with E-state index in [1.807, 2.05) is 0 Å². The van der Waals surface area contributed by atoms with Crippen molar-refractivity contribution in [3.63, 3.8) is 0 Å². The maximum atomic E-state index is 9.94. The highest BCUT2D eigenvalue weighted by Crippen LogP contribution is 2.23. The summed E-state index contributed by atoms with van der Waals surface area (Å²) in [5.74, 6) is 0. The van der Waals surface area contributed by atoms with E-state index in [1.54, 1.807) is 0 Å². The summed E-state index contributed by atoms with van der Waals surface area (Å²) in [6, 6.07) is -1.78. The van der Waals surface area contributed by atoms with Crippen molar-refractivity contribution >= 4 is 0 Å². The van der Waals surface area contributed by atoms with Crippen molar-refractivity contribution in [3.8, 4) is 0 Å². The molecule has 9 N–H and O–H groups in total. The summed E-state index contributed by atoms with van der Waals surface area (Å²) in [6.07, 6.45) is -11.5. The van der Waals surface area contributed by atoms with Gasteiger partial charge in [-0.2, -0.15) is 0 Å². The van der Waals surface area contributed by atoms with Crippen LogP contribution in [0.5, 0.6) is 0 Å². The fraction of sp³-hybridized carbons (Fsp3) is 1.00. The third-order valence-corrected chi connectivity index (χ3v) is 4.44.